The Labute approximate surface area is 130 Å². The minimum Gasteiger partial charge on any atom is -0.497 e. The first-order valence-electron chi connectivity index (χ1n) is 8.15. The van der Waals surface area contributed by atoms with Crippen molar-refractivity contribution < 1.29 is 4.74 Å². The molecule has 0 amide bonds. The highest BCUT2D eigenvalue weighted by Crippen LogP contribution is 2.35. The Morgan fingerprint density at radius 1 is 1.19 bits per heavy atom. The number of hydrogen-bond donors (Lipinski definition) is 1. The Bertz CT molecular complexity index is 485. The molecule has 1 N–H and O–H groups in total. The summed E-state index contributed by atoms with van der Waals surface area (Å²) in [5, 5.41) is 3.90. The third-order valence-electron chi connectivity index (χ3n) is 4.20. The first kappa shape index (κ1) is 16.4. The smallest absolute Gasteiger partial charge is 0.119 e. The molecule has 118 valence electrons. The molecule has 0 spiro atoms. The molecule has 0 saturated carbocycles. The molecule has 0 bridgehead atoms. The second-order valence-electron chi connectivity index (χ2n) is 8.28. The van der Waals surface area contributed by atoms with Gasteiger partial charge in [0.05, 0.1) is 7.11 Å². The van der Waals surface area contributed by atoms with Gasteiger partial charge < -0.3 is 10.1 Å². The zero-order chi connectivity index (χ0) is 15.7. The Kier molecular flexibility index (Phi) is 4.67. The van der Waals surface area contributed by atoms with Gasteiger partial charge in [-0.1, -0.05) is 26.8 Å². The minimum atomic E-state index is 0.150. The van der Waals surface area contributed by atoms with Gasteiger partial charge in [-0.15, -0.1) is 0 Å². The van der Waals surface area contributed by atoms with E-state index in [1.54, 1.807) is 7.11 Å². The predicted octanol–water partition coefficient (Wildman–Crippen LogP) is 4.88. The number of ether oxygens (including phenoxy) is 1. The number of aryl methyl sites for hydroxylation is 1. The van der Waals surface area contributed by atoms with Crippen LogP contribution in [0.4, 0.5) is 0 Å². The van der Waals surface area contributed by atoms with Gasteiger partial charge in [-0.2, -0.15) is 0 Å². The molecule has 1 aromatic rings. The van der Waals surface area contributed by atoms with Crippen LogP contribution in [0.5, 0.6) is 5.75 Å². The van der Waals surface area contributed by atoms with Crippen LogP contribution in [0.3, 0.4) is 0 Å². The normalized spacial score (nSPS) is 19.2. The van der Waals surface area contributed by atoms with Crippen LogP contribution in [0, 0.1) is 5.41 Å². The van der Waals surface area contributed by atoms with E-state index >= 15 is 0 Å². The summed E-state index contributed by atoms with van der Waals surface area (Å²) in [5.74, 6) is 0.975. The van der Waals surface area contributed by atoms with Crippen LogP contribution in [0.2, 0.25) is 0 Å². The third kappa shape index (κ3) is 4.47. The molecule has 21 heavy (non-hydrogen) atoms. The summed E-state index contributed by atoms with van der Waals surface area (Å²) in [6.45, 7) is 11.6. The van der Waals surface area contributed by atoms with Gasteiger partial charge >= 0.3 is 0 Å². The zero-order valence-corrected chi connectivity index (χ0v) is 14.5. The van der Waals surface area contributed by atoms with Crippen LogP contribution < -0.4 is 10.1 Å². The summed E-state index contributed by atoms with van der Waals surface area (Å²) in [7, 11) is 1.74. The highest BCUT2D eigenvalue weighted by molar-refractivity contribution is 5.39. The lowest BCUT2D eigenvalue weighted by Crippen LogP contribution is -2.45. The molecule has 1 aliphatic rings. The van der Waals surface area contributed by atoms with Crippen molar-refractivity contribution in [2.75, 3.05) is 7.11 Å². The molecule has 0 fully saturated rings. The van der Waals surface area contributed by atoms with Crippen LogP contribution in [0.1, 0.15) is 71.0 Å². The minimum absolute atomic E-state index is 0.150. The molecule has 2 heteroatoms. The first-order chi connectivity index (χ1) is 9.70. The van der Waals surface area contributed by atoms with E-state index in [1.807, 2.05) is 0 Å². The van der Waals surface area contributed by atoms with E-state index in [9.17, 15) is 0 Å². The van der Waals surface area contributed by atoms with Crippen LogP contribution in [0.25, 0.3) is 0 Å². The van der Waals surface area contributed by atoms with Gasteiger partial charge in [0.1, 0.15) is 5.75 Å². The summed E-state index contributed by atoms with van der Waals surface area (Å²) >= 11 is 0. The first-order valence-corrected chi connectivity index (χ1v) is 8.15. The van der Waals surface area contributed by atoms with Gasteiger partial charge in [-0.05, 0) is 68.2 Å². The maximum absolute atomic E-state index is 5.36. The molecule has 0 heterocycles. The van der Waals surface area contributed by atoms with Gasteiger partial charge in [0.15, 0.2) is 0 Å². The lowest BCUT2D eigenvalue weighted by Gasteiger charge is -2.39. The molecule has 1 atom stereocenters. The van der Waals surface area contributed by atoms with E-state index in [-0.39, 0.29) is 5.54 Å². The zero-order valence-electron chi connectivity index (χ0n) is 14.5. The number of methoxy groups -OCH3 is 1. The summed E-state index contributed by atoms with van der Waals surface area (Å²) in [5.41, 5.74) is 3.40. The fraction of sp³-hybridized carbons (Fsp3) is 0.684. The second-order valence-corrected chi connectivity index (χ2v) is 8.28. The molecular weight excluding hydrogens is 258 g/mol. The van der Waals surface area contributed by atoms with E-state index < -0.39 is 0 Å². The van der Waals surface area contributed by atoms with Crippen molar-refractivity contribution in [2.24, 2.45) is 5.41 Å². The molecule has 0 aliphatic heterocycles. The van der Waals surface area contributed by atoms with Crippen molar-refractivity contribution in [2.45, 2.75) is 71.9 Å². The fourth-order valence-electron chi connectivity index (χ4n) is 3.92. The van der Waals surface area contributed by atoms with E-state index in [0.717, 1.165) is 5.75 Å². The fourth-order valence-corrected chi connectivity index (χ4v) is 3.92. The maximum Gasteiger partial charge on any atom is 0.119 e. The number of fused-ring (bicyclic) bond motifs is 1. The number of hydrogen-bond acceptors (Lipinski definition) is 2. The van der Waals surface area contributed by atoms with Gasteiger partial charge in [0.2, 0.25) is 0 Å². The molecular formula is C19H31NO. The number of benzene rings is 1. The van der Waals surface area contributed by atoms with Crippen molar-refractivity contribution in [3.8, 4) is 5.75 Å². The summed E-state index contributed by atoms with van der Waals surface area (Å²) in [6.07, 6.45) is 4.82. The summed E-state index contributed by atoms with van der Waals surface area (Å²) in [4.78, 5) is 0. The average molecular weight is 289 g/mol. The third-order valence-corrected chi connectivity index (χ3v) is 4.20. The Morgan fingerprint density at radius 3 is 2.52 bits per heavy atom. The van der Waals surface area contributed by atoms with Gasteiger partial charge in [0, 0.05) is 11.6 Å². The van der Waals surface area contributed by atoms with E-state index in [1.165, 1.54) is 36.8 Å². The number of nitrogens with one attached hydrogen (secondary N) is 1. The van der Waals surface area contributed by atoms with E-state index in [2.05, 4.69) is 58.1 Å². The summed E-state index contributed by atoms with van der Waals surface area (Å²) < 4.78 is 5.36. The lowest BCUT2D eigenvalue weighted by molar-refractivity contribution is 0.215. The number of rotatable bonds is 4. The molecule has 1 aromatic carbocycles. The Hall–Kier alpha value is -1.02. The van der Waals surface area contributed by atoms with Crippen molar-refractivity contribution in [1.82, 2.24) is 5.32 Å². The largest absolute Gasteiger partial charge is 0.497 e. The molecule has 1 aliphatic carbocycles. The molecule has 0 saturated heterocycles. The van der Waals surface area contributed by atoms with Crippen molar-refractivity contribution in [3.05, 3.63) is 29.3 Å². The standard InChI is InChI=1S/C19H31NO/c1-18(2,3)13-19(4,5)20-17-9-7-8-14-12-15(21-6)10-11-16(14)17/h10-12,17,20H,7-9,13H2,1-6H3. The molecule has 0 radical (unpaired) electrons. The van der Waals surface area contributed by atoms with Crippen molar-refractivity contribution in [3.63, 3.8) is 0 Å². The molecule has 2 nitrogen and oxygen atoms in total. The predicted molar refractivity (Wildman–Crippen MR) is 90.0 cm³/mol. The highest BCUT2D eigenvalue weighted by Gasteiger charge is 2.30. The topological polar surface area (TPSA) is 21.3 Å². The van der Waals surface area contributed by atoms with Crippen LogP contribution >= 0.6 is 0 Å². The van der Waals surface area contributed by atoms with E-state index in [0.29, 0.717) is 11.5 Å². The summed E-state index contributed by atoms with van der Waals surface area (Å²) in [6, 6.07) is 7.02. The molecule has 2 rings (SSSR count). The molecule has 1 unspecified atom stereocenters. The van der Waals surface area contributed by atoms with Gasteiger partial charge in [0.25, 0.3) is 0 Å². The SMILES string of the molecule is COc1ccc2c(c1)CCCC2NC(C)(C)CC(C)(C)C. The Morgan fingerprint density at radius 2 is 1.90 bits per heavy atom. The van der Waals surface area contributed by atoms with Crippen LogP contribution in [-0.4, -0.2) is 12.6 Å². The average Bonchev–Trinajstić information content (AvgIpc) is 2.35. The van der Waals surface area contributed by atoms with Gasteiger partial charge in [-0.3, -0.25) is 0 Å². The quantitative estimate of drug-likeness (QED) is 0.853. The second kappa shape index (κ2) is 6.00. The van der Waals surface area contributed by atoms with Crippen molar-refractivity contribution >= 4 is 0 Å². The van der Waals surface area contributed by atoms with Crippen molar-refractivity contribution in [1.29, 1.82) is 0 Å². The van der Waals surface area contributed by atoms with Crippen LogP contribution in [0.15, 0.2) is 18.2 Å². The lowest BCUT2D eigenvalue weighted by atomic mass is 9.79. The molecule has 0 aromatic heterocycles. The highest BCUT2D eigenvalue weighted by atomic mass is 16.5. The van der Waals surface area contributed by atoms with E-state index in [4.69, 9.17) is 4.74 Å². The van der Waals surface area contributed by atoms with Crippen LogP contribution in [-0.2, 0) is 6.42 Å². The maximum atomic E-state index is 5.36. The monoisotopic (exact) mass is 289 g/mol. The Balaban J connectivity index is 2.16. The van der Waals surface area contributed by atoms with Gasteiger partial charge in [-0.25, -0.2) is 0 Å².